The maximum Gasteiger partial charge on any atom is 0.268 e. The summed E-state index contributed by atoms with van der Waals surface area (Å²) >= 11 is 0. The van der Waals surface area contributed by atoms with Gasteiger partial charge in [0.15, 0.2) is 21.3 Å². The lowest BCUT2D eigenvalue weighted by molar-refractivity contribution is -0.139. The number of benzene rings is 2. The van der Waals surface area contributed by atoms with Crippen LogP contribution in [-0.4, -0.2) is 74.9 Å². The van der Waals surface area contributed by atoms with Crippen LogP contribution in [0.2, 0.25) is 0 Å². The van der Waals surface area contributed by atoms with Crippen LogP contribution in [0, 0.1) is 11.3 Å². The summed E-state index contributed by atoms with van der Waals surface area (Å²) in [5, 5.41) is 19.2. The molecule has 0 fully saturated rings. The minimum Gasteiger partial charge on any atom is -0.454 e. The molecule has 13 heteroatoms. The Balaban J connectivity index is 2.05. The number of hydrogen-bond donors (Lipinski definition) is 3. The molecular weight excluding hydrogens is 536 g/mol. The van der Waals surface area contributed by atoms with Crippen molar-refractivity contribution in [2.24, 2.45) is 17.1 Å². The number of rotatable bonds is 13. The lowest BCUT2D eigenvalue weighted by Gasteiger charge is -2.38. The molecule has 210 valence electrons. The van der Waals surface area contributed by atoms with Crippen molar-refractivity contribution in [3.05, 3.63) is 54.1 Å². The van der Waals surface area contributed by atoms with Gasteiger partial charge in [-0.25, -0.2) is 21.1 Å². The average molecular weight is 571 g/mol. The van der Waals surface area contributed by atoms with Gasteiger partial charge in [-0.15, -0.1) is 0 Å². The predicted molar refractivity (Wildman–Crippen MR) is 139 cm³/mol. The lowest BCUT2D eigenvalue weighted by atomic mass is 9.92. The Morgan fingerprint density at radius 3 is 2.37 bits per heavy atom. The first kappa shape index (κ1) is 29.8. The number of amides is 1. The van der Waals surface area contributed by atoms with E-state index >= 15 is 0 Å². The molecule has 3 atom stereocenters. The van der Waals surface area contributed by atoms with Crippen molar-refractivity contribution in [2.45, 2.75) is 37.8 Å². The van der Waals surface area contributed by atoms with Crippen molar-refractivity contribution in [3.8, 4) is 11.5 Å². The van der Waals surface area contributed by atoms with Crippen LogP contribution in [0.1, 0.15) is 25.8 Å². The summed E-state index contributed by atoms with van der Waals surface area (Å²) in [4.78, 5) is 13.6. The first-order valence-electron chi connectivity index (χ1n) is 12.0. The highest BCUT2D eigenvalue weighted by molar-refractivity contribution is 7.91. The van der Waals surface area contributed by atoms with Gasteiger partial charge in [0.25, 0.3) is 10.0 Å². The number of nitrogens with two attached hydrogens (primary N) is 1. The second-order valence-corrected chi connectivity index (χ2v) is 13.7. The summed E-state index contributed by atoms with van der Waals surface area (Å²) in [7, 11) is -8.59. The van der Waals surface area contributed by atoms with Gasteiger partial charge in [-0.05, 0) is 43.4 Å². The van der Waals surface area contributed by atoms with Crippen LogP contribution < -0.4 is 15.2 Å². The van der Waals surface area contributed by atoms with Gasteiger partial charge in [0.1, 0.15) is 0 Å². The Bertz CT molecular complexity index is 1330. The largest absolute Gasteiger partial charge is 0.454 e. The van der Waals surface area contributed by atoms with Gasteiger partial charge in [0.2, 0.25) is 12.7 Å². The first-order valence-corrected chi connectivity index (χ1v) is 15.3. The van der Waals surface area contributed by atoms with E-state index in [4.69, 9.17) is 20.3 Å². The monoisotopic (exact) mass is 570 g/mol. The zero-order valence-corrected chi connectivity index (χ0v) is 22.9. The fourth-order valence-electron chi connectivity index (χ4n) is 4.18. The fourth-order valence-corrected chi connectivity index (χ4v) is 7.77. The maximum absolute atomic E-state index is 13.9. The smallest absolute Gasteiger partial charge is 0.268 e. The zero-order chi connectivity index (χ0) is 28.1. The maximum atomic E-state index is 13.9. The summed E-state index contributed by atoms with van der Waals surface area (Å²) in [5.41, 5.74) is 5.28. The summed E-state index contributed by atoms with van der Waals surface area (Å²) in [6.45, 7) is 1.44. The molecule has 0 saturated heterocycles. The number of ether oxygens (including phenoxy) is 2. The Hall–Kier alpha value is -2.71. The number of aliphatic hydroxyl groups is 2. The van der Waals surface area contributed by atoms with E-state index in [9.17, 15) is 26.7 Å². The van der Waals surface area contributed by atoms with E-state index in [1.165, 1.54) is 25.1 Å². The molecule has 11 nitrogen and oxygen atoms in total. The number of carbonyl (C=O) groups excluding carboxylic acids is 1. The molecule has 0 aliphatic carbocycles. The van der Waals surface area contributed by atoms with E-state index < -0.39 is 61.4 Å². The molecule has 4 N–H and O–H groups in total. The first-order chi connectivity index (χ1) is 17.8. The van der Waals surface area contributed by atoms with Crippen molar-refractivity contribution in [1.82, 2.24) is 4.31 Å². The minimum absolute atomic E-state index is 0.0646. The SMILES string of the molecule is C[C@@H](Cc1ccccc1)[C@@H](N)N(C(=O)C(C)(CO)CS(=O)(=O)CCCO)S(=O)(=O)c1ccc2c(c1)OCO2. The Labute approximate surface area is 223 Å². The Kier molecular flexibility index (Phi) is 9.42. The number of hydrogen-bond acceptors (Lipinski definition) is 10. The van der Waals surface area contributed by atoms with E-state index in [1.54, 1.807) is 6.92 Å². The highest BCUT2D eigenvalue weighted by Gasteiger charge is 2.47. The molecule has 0 aromatic heterocycles. The third-order valence-corrected chi connectivity index (χ3v) is 10.1. The van der Waals surface area contributed by atoms with Crippen molar-refractivity contribution < 1.29 is 41.3 Å². The van der Waals surface area contributed by atoms with Crippen LogP contribution in [0.4, 0.5) is 0 Å². The molecule has 38 heavy (non-hydrogen) atoms. The molecule has 1 aliphatic heterocycles. The van der Waals surface area contributed by atoms with Gasteiger partial charge in [-0.1, -0.05) is 37.3 Å². The van der Waals surface area contributed by atoms with Gasteiger partial charge in [0, 0.05) is 12.7 Å². The molecule has 2 aromatic carbocycles. The van der Waals surface area contributed by atoms with E-state index in [2.05, 4.69) is 0 Å². The second-order valence-electron chi connectivity index (χ2n) is 9.67. The molecule has 0 saturated carbocycles. The number of nitrogens with zero attached hydrogens (tertiary/aromatic N) is 1. The van der Waals surface area contributed by atoms with Gasteiger partial charge < -0.3 is 25.4 Å². The normalized spacial score (nSPS) is 16.4. The van der Waals surface area contributed by atoms with Crippen molar-refractivity contribution in [2.75, 3.05) is 31.5 Å². The molecule has 0 spiro atoms. The molecular formula is C25H34N2O9S2. The van der Waals surface area contributed by atoms with Crippen LogP contribution >= 0.6 is 0 Å². The summed E-state index contributed by atoms with van der Waals surface area (Å²) < 4.78 is 64.3. The van der Waals surface area contributed by atoms with Crippen LogP contribution in [0.25, 0.3) is 0 Å². The molecule has 1 amide bonds. The highest BCUT2D eigenvalue weighted by Crippen LogP contribution is 2.36. The van der Waals surface area contributed by atoms with E-state index in [1.807, 2.05) is 30.3 Å². The van der Waals surface area contributed by atoms with Gasteiger partial charge in [0.05, 0.1) is 34.6 Å². The van der Waals surface area contributed by atoms with E-state index in [0.717, 1.165) is 5.56 Å². The summed E-state index contributed by atoms with van der Waals surface area (Å²) in [5.74, 6) is -2.50. The molecule has 0 radical (unpaired) electrons. The van der Waals surface area contributed by atoms with Crippen LogP contribution in [0.15, 0.2) is 53.4 Å². The number of aliphatic hydroxyl groups excluding tert-OH is 2. The number of fused-ring (bicyclic) bond motifs is 1. The van der Waals surface area contributed by atoms with Gasteiger partial charge in [-0.3, -0.25) is 4.79 Å². The Morgan fingerprint density at radius 2 is 1.74 bits per heavy atom. The van der Waals surface area contributed by atoms with Crippen molar-refractivity contribution in [3.63, 3.8) is 0 Å². The quantitative estimate of drug-likeness (QED) is 0.294. The molecule has 0 bridgehead atoms. The van der Waals surface area contributed by atoms with E-state index in [-0.39, 0.29) is 30.5 Å². The van der Waals surface area contributed by atoms with Gasteiger partial charge >= 0.3 is 0 Å². The second kappa shape index (κ2) is 12.0. The molecule has 3 rings (SSSR count). The van der Waals surface area contributed by atoms with Crippen LogP contribution in [0.5, 0.6) is 11.5 Å². The lowest BCUT2D eigenvalue weighted by Crippen LogP contribution is -2.58. The molecule has 1 heterocycles. The van der Waals surface area contributed by atoms with Crippen molar-refractivity contribution in [1.29, 1.82) is 0 Å². The summed E-state index contributed by atoms with van der Waals surface area (Å²) in [6, 6.07) is 13.0. The third kappa shape index (κ3) is 6.64. The molecule has 1 aliphatic rings. The topological polar surface area (TPSA) is 174 Å². The molecule has 2 aromatic rings. The predicted octanol–water partition coefficient (Wildman–Crippen LogP) is 0.892. The fraction of sp³-hybridized carbons (Fsp3) is 0.480. The van der Waals surface area contributed by atoms with E-state index in [0.29, 0.717) is 16.5 Å². The highest BCUT2D eigenvalue weighted by atomic mass is 32.2. The average Bonchev–Trinajstić information content (AvgIpc) is 3.35. The van der Waals surface area contributed by atoms with Gasteiger partial charge in [-0.2, -0.15) is 0 Å². The number of sulfonamides is 1. The third-order valence-electron chi connectivity index (χ3n) is 6.37. The number of carbonyl (C=O) groups is 1. The van der Waals surface area contributed by atoms with Crippen molar-refractivity contribution >= 4 is 25.8 Å². The molecule has 1 unspecified atom stereocenters. The summed E-state index contributed by atoms with van der Waals surface area (Å²) in [6.07, 6.45) is -1.14. The minimum atomic E-state index is -4.65. The Morgan fingerprint density at radius 1 is 1.08 bits per heavy atom. The van der Waals surface area contributed by atoms with Crippen LogP contribution in [0.3, 0.4) is 0 Å². The zero-order valence-electron chi connectivity index (χ0n) is 21.3. The standard InChI is InChI=1S/C25H34N2O9S2/c1-18(13-19-7-4-3-5-8-19)23(26)27(24(30)25(2,15-29)16-37(31,32)12-6-11-28)38(33,34)20-9-10-21-22(14-20)36-17-35-21/h3-5,7-10,14,18,23,28-29H,6,11-13,15-17,26H2,1-2H3/t18-,23-,25?/m0/s1. The number of sulfone groups is 1. The van der Waals surface area contributed by atoms with Crippen LogP contribution in [-0.2, 0) is 31.1 Å².